The highest BCUT2D eigenvalue weighted by Gasteiger charge is 2.16. The van der Waals surface area contributed by atoms with Gasteiger partial charge < -0.3 is 20.3 Å². The van der Waals surface area contributed by atoms with Crippen LogP contribution in [0.3, 0.4) is 0 Å². The van der Waals surface area contributed by atoms with Crippen molar-refractivity contribution < 1.29 is 24.0 Å². The molecular formula is C17H17N3O5S. The number of nitrogens with zero attached hydrogens (tertiary/aromatic N) is 1. The van der Waals surface area contributed by atoms with Crippen LogP contribution in [0.4, 0.5) is 11.5 Å². The number of hydrogen-bond donors (Lipinski definition) is 3. The van der Waals surface area contributed by atoms with E-state index in [-0.39, 0.29) is 11.2 Å². The second-order valence-electron chi connectivity index (χ2n) is 5.26. The quantitative estimate of drug-likeness (QED) is 0.502. The van der Waals surface area contributed by atoms with Gasteiger partial charge in [0.25, 0.3) is 0 Å². The van der Waals surface area contributed by atoms with E-state index in [4.69, 9.17) is 9.63 Å². The Balaban J connectivity index is 1.88. The summed E-state index contributed by atoms with van der Waals surface area (Å²) in [6, 6.07) is 8.48. The Morgan fingerprint density at radius 2 is 1.88 bits per heavy atom. The molecule has 0 bridgehead atoms. The van der Waals surface area contributed by atoms with Crippen LogP contribution < -0.4 is 10.6 Å². The lowest BCUT2D eigenvalue weighted by atomic mass is 10.3. The number of carboxylic acids is 1. The molecule has 8 nitrogen and oxygen atoms in total. The minimum atomic E-state index is -1.19. The number of carbonyl (C=O) groups excluding carboxylic acids is 2. The van der Waals surface area contributed by atoms with E-state index in [1.54, 1.807) is 44.2 Å². The number of thioether (sulfide) groups is 1. The fraction of sp³-hybridized carbons (Fsp3) is 0.176. The number of aryl methyl sites for hydroxylation is 1. The molecule has 1 unspecified atom stereocenters. The van der Waals surface area contributed by atoms with Crippen molar-refractivity contribution in [2.24, 2.45) is 0 Å². The third-order valence-electron chi connectivity index (χ3n) is 3.06. The van der Waals surface area contributed by atoms with Gasteiger partial charge in [0, 0.05) is 28.8 Å². The van der Waals surface area contributed by atoms with Gasteiger partial charge in [0.1, 0.15) is 5.76 Å². The van der Waals surface area contributed by atoms with Crippen LogP contribution in [0.15, 0.2) is 51.9 Å². The molecule has 26 heavy (non-hydrogen) atoms. The topological polar surface area (TPSA) is 122 Å². The smallest absolute Gasteiger partial charge is 0.328 e. The van der Waals surface area contributed by atoms with Gasteiger partial charge in [0.05, 0.1) is 5.25 Å². The maximum Gasteiger partial charge on any atom is 0.328 e. The Labute approximate surface area is 153 Å². The second-order valence-corrected chi connectivity index (χ2v) is 6.67. The van der Waals surface area contributed by atoms with Crippen LogP contribution in [-0.2, 0) is 14.4 Å². The first-order valence-corrected chi connectivity index (χ1v) is 8.44. The van der Waals surface area contributed by atoms with Crippen LogP contribution >= 0.6 is 11.8 Å². The van der Waals surface area contributed by atoms with Gasteiger partial charge in [-0.05, 0) is 38.1 Å². The van der Waals surface area contributed by atoms with Crippen LogP contribution in [0, 0.1) is 6.92 Å². The normalized spacial score (nSPS) is 11.9. The van der Waals surface area contributed by atoms with Crippen molar-refractivity contribution in [2.75, 3.05) is 10.6 Å². The van der Waals surface area contributed by atoms with Crippen molar-refractivity contribution in [1.29, 1.82) is 0 Å². The highest BCUT2D eigenvalue weighted by Crippen LogP contribution is 2.25. The van der Waals surface area contributed by atoms with Crippen molar-refractivity contribution in [3.63, 3.8) is 0 Å². The summed E-state index contributed by atoms with van der Waals surface area (Å²) >= 11 is 1.34. The first-order valence-electron chi connectivity index (χ1n) is 7.56. The van der Waals surface area contributed by atoms with Crippen LogP contribution in [0.25, 0.3) is 0 Å². The van der Waals surface area contributed by atoms with Crippen molar-refractivity contribution in [1.82, 2.24) is 5.16 Å². The molecule has 1 aromatic heterocycles. The van der Waals surface area contributed by atoms with Crippen LogP contribution in [0.1, 0.15) is 12.7 Å². The van der Waals surface area contributed by atoms with Crippen LogP contribution in [-0.4, -0.2) is 33.3 Å². The maximum absolute atomic E-state index is 12.1. The molecule has 2 rings (SSSR count). The van der Waals surface area contributed by atoms with E-state index in [9.17, 15) is 14.4 Å². The van der Waals surface area contributed by atoms with Gasteiger partial charge in [-0.3, -0.25) is 9.59 Å². The first kappa shape index (κ1) is 19.3. The van der Waals surface area contributed by atoms with E-state index in [0.717, 1.165) is 17.0 Å². The lowest BCUT2D eigenvalue weighted by Crippen LogP contribution is -2.22. The van der Waals surface area contributed by atoms with Gasteiger partial charge in [0.15, 0.2) is 5.82 Å². The standard InChI is InChI=1S/C17H17N3O5S/c1-10-9-14(20-25-10)19-17(24)11(2)26-13-5-3-12(4-6-13)18-15(21)7-8-16(22)23/h3-9,11H,1-2H3,(H,18,21)(H,22,23)(H,19,20,24)/b8-7+. The monoisotopic (exact) mass is 375 g/mol. The summed E-state index contributed by atoms with van der Waals surface area (Å²) in [5.74, 6) is -0.966. The van der Waals surface area contributed by atoms with E-state index in [2.05, 4.69) is 15.8 Å². The summed E-state index contributed by atoms with van der Waals surface area (Å²) in [7, 11) is 0. The molecule has 136 valence electrons. The predicted octanol–water partition coefficient (Wildman–Crippen LogP) is 2.68. The number of rotatable bonds is 7. The zero-order valence-electron chi connectivity index (χ0n) is 14.1. The summed E-state index contributed by atoms with van der Waals surface area (Å²) < 4.78 is 4.90. The number of amides is 2. The van der Waals surface area contributed by atoms with E-state index in [1.807, 2.05) is 0 Å². The summed E-state index contributed by atoms with van der Waals surface area (Å²) in [5, 5.41) is 17.0. The Kier molecular flexibility index (Phi) is 6.56. The van der Waals surface area contributed by atoms with E-state index in [0.29, 0.717) is 17.3 Å². The Hall–Kier alpha value is -3.07. The molecule has 1 atom stereocenters. The van der Waals surface area contributed by atoms with Gasteiger partial charge in [0.2, 0.25) is 11.8 Å². The third kappa shape index (κ3) is 6.10. The summed E-state index contributed by atoms with van der Waals surface area (Å²) in [6.45, 7) is 3.50. The minimum Gasteiger partial charge on any atom is -0.478 e. The molecule has 0 radical (unpaired) electrons. The number of carboxylic acid groups (broad SMARTS) is 1. The molecule has 3 N–H and O–H groups in total. The molecule has 0 fully saturated rings. The van der Waals surface area contributed by atoms with E-state index < -0.39 is 11.9 Å². The fourth-order valence-electron chi connectivity index (χ4n) is 1.86. The summed E-state index contributed by atoms with van der Waals surface area (Å²) in [6.07, 6.45) is 1.69. The second kappa shape index (κ2) is 8.86. The van der Waals surface area contributed by atoms with E-state index in [1.165, 1.54) is 11.8 Å². The predicted molar refractivity (Wildman–Crippen MR) is 97.0 cm³/mol. The number of nitrogens with one attached hydrogen (secondary N) is 2. The molecule has 1 heterocycles. The molecule has 2 aromatic rings. The van der Waals surface area contributed by atoms with Gasteiger partial charge >= 0.3 is 5.97 Å². The number of benzene rings is 1. The number of aliphatic carboxylic acids is 1. The summed E-state index contributed by atoms with van der Waals surface area (Å²) in [4.78, 5) is 34.9. The van der Waals surface area contributed by atoms with Crippen molar-refractivity contribution >= 4 is 41.1 Å². The maximum atomic E-state index is 12.1. The van der Waals surface area contributed by atoms with Gasteiger partial charge in [-0.1, -0.05) is 5.16 Å². The zero-order valence-corrected chi connectivity index (χ0v) is 14.9. The first-order chi connectivity index (χ1) is 12.3. The molecule has 0 saturated carbocycles. The number of anilines is 2. The lowest BCUT2D eigenvalue weighted by Gasteiger charge is -2.11. The molecule has 0 aliphatic heterocycles. The SMILES string of the molecule is Cc1cc(NC(=O)C(C)Sc2ccc(NC(=O)/C=C/C(=O)O)cc2)no1. The lowest BCUT2D eigenvalue weighted by molar-refractivity contribution is -0.131. The number of aromatic nitrogens is 1. The van der Waals surface area contributed by atoms with E-state index >= 15 is 0 Å². The minimum absolute atomic E-state index is 0.209. The molecule has 1 aromatic carbocycles. The van der Waals surface area contributed by atoms with Gasteiger partial charge in [-0.2, -0.15) is 0 Å². The highest BCUT2D eigenvalue weighted by atomic mass is 32.2. The summed E-state index contributed by atoms with van der Waals surface area (Å²) in [5.41, 5.74) is 0.518. The van der Waals surface area contributed by atoms with Crippen molar-refractivity contribution in [3.8, 4) is 0 Å². The Morgan fingerprint density at radius 3 is 2.46 bits per heavy atom. The molecular weight excluding hydrogens is 358 g/mol. The molecule has 0 aliphatic carbocycles. The molecule has 0 saturated heterocycles. The van der Waals surface area contributed by atoms with Gasteiger partial charge in [-0.25, -0.2) is 4.79 Å². The van der Waals surface area contributed by atoms with Crippen molar-refractivity contribution in [2.45, 2.75) is 24.0 Å². The van der Waals surface area contributed by atoms with Crippen molar-refractivity contribution in [3.05, 3.63) is 48.2 Å². The molecule has 2 amide bonds. The molecule has 0 spiro atoms. The molecule has 0 aliphatic rings. The highest BCUT2D eigenvalue weighted by molar-refractivity contribution is 8.00. The number of hydrogen-bond acceptors (Lipinski definition) is 6. The Morgan fingerprint density at radius 1 is 1.19 bits per heavy atom. The average molecular weight is 375 g/mol. The largest absolute Gasteiger partial charge is 0.478 e. The third-order valence-corrected chi connectivity index (χ3v) is 4.17. The van der Waals surface area contributed by atoms with Crippen LogP contribution in [0.2, 0.25) is 0 Å². The van der Waals surface area contributed by atoms with Crippen LogP contribution in [0.5, 0.6) is 0 Å². The number of carbonyl (C=O) groups is 3. The fourth-order valence-corrected chi connectivity index (χ4v) is 2.73. The zero-order chi connectivity index (χ0) is 19.1. The van der Waals surface area contributed by atoms with Gasteiger partial charge in [-0.15, -0.1) is 11.8 Å². The molecule has 9 heteroatoms. The Bertz CT molecular complexity index is 829. The average Bonchev–Trinajstić information content (AvgIpc) is 2.99.